The van der Waals surface area contributed by atoms with Crippen LogP contribution in [0.2, 0.25) is 0 Å². The molecule has 0 bridgehead atoms. The summed E-state index contributed by atoms with van der Waals surface area (Å²) in [7, 11) is 0. The van der Waals surface area contributed by atoms with E-state index in [2.05, 4.69) is 80.6 Å². The maximum Gasteiger partial charge on any atom is 0.307 e. The molecule has 0 amide bonds. The van der Waals surface area contributed by atoms with Crippen LogP contribution in [0.3, 0.4) is 0 Å². The highest BCUT2D eigenvalue weighted by Gasteiger charge is 2.07. The van der Waals surface area contributed by atoms with Gasteiger partial charge >= 0.3 is 5.97 Å². The molecule has 0 unspecified atom stereocenters. The lowest BCUT2D eigenvalue weighted by molar-refractivity contribution is -0.144. The predicted octanol–water partition coefficient (Wildman–Crippen LogP) is 10.2. The largest absolute Gasteiger partial charge is 0.445 e. The van der Waals surface area contributed by atoms with Crippen molar-refractivity contribution in [3.8, 4) is 23.7 Å². The van der Waals surface area contributed by atoms with E-state index in [0.717, 1.165) is 38.5 Å². The van der Waals surface area contributed by atoms with Gasteiger partial charge in [0.25, 0.3) is 0 Å². The van der Waals surface area contributed by atoms with Crippen LogP contribution in [0.15, 0.2) is 49.1 Å². The average Bonchev–Trinajstić information content (AvgIpc) is 2.90. The first-order chi connectivity index (χ1) is 18.2. The van der Waals surface area contributed by atoms with Crippen molar-refractivity contribution in [3.63, 3.8) is 0 Å². The summed E-state index contributed by atoms with van der Waals surface area (Å²) < 4.78 is 5.39. The molecular weight excluding hydrogens is 452 g/mol. The van der Waals surface area contributed by atoms with Crippen LogP contribution in [0, 0.1) is 23.7 Å². The molecule has 37 heavy (non-hydrogen) atoms. The van der Waals surface area contributed by atoms with Crippen LogP contribution in [0.1, 0.15) is 136 Å². The van der Waals surface area contributed by atoms with Gasteiger partial charge in [0.05, 0.1) is 0 Å². The molecule has 0 radical (unpaired) electrons. The molecule has 0 aromatic carbocycles. The van der Waals surface area contributed by atoms with Gasteiger partial charge in [0.15, 0.2) is 6.10 Å². The predicted molar refractivity (Wildman–Crippen MR) is 162 cm³/mol. The van der Waals surface area contributed by atoms with Gasteiger partial charge < -0.3 is 4.74 Å². The Hall–Kier alpha value is -2.45. The summed E-state index contributed by atoms with van der Waals surface area (Å²) in [6.07, 6.45) is 36.0. The molecule has 0 aromatic heterocycles. The van der Waals surface area contributed by atoms with E-state index < -0.39 is 6.10 Å². The zero-order chi connectivity index (χ0) is 27.1. The lowest BCUT2D eigenvalue weighted by atomic mass is 10.1. The average molecular weight is 507 g/mol. The van der Waals surface area contributed by atoms with Crippen molar-refractivity contribution in [3.05, 3.63) is 49.1 Å². The summed E-state index contributed by atoms with van der Waals surface area (Å²) in [6.45, 7) is 8.20. The second-order valence-corrected chi connectivity index (χ2v) is 9.58. The fourth-order valence-corrected chi connectivity index (χ4v) is 3.75. The third kappa shape index (κ3) is 28.0. The zero-order valence-corrected chi connectivity index (χ0v) is 24.1. The minimum Gasteiger partial charge on any atom is -0.445 e. The third-order valence-corrected chi connectivity index (χ3v) is 6.03. The molecule has 0 saturated heterocycles. The summed E-state index contributed by atoms with van der Waals surface area (Å²) in [5.41, 5.74) is 0. The van der Waals surface area contributed by atoms with Gasteiger partial charge in [-0.2, -0.15) is 0 Å². The zero-order valence-electron chi connectivity index (χ0n) is 24.1. The minimum atomic E-state index is -0.585. The summed E-state index contributed by atoms with van der Waals surface area (Å²) in [6, 6.07) is 0. The van der Waals surface area contributed by atoms with E-state index in [1.165, 1.54) is 70.6 Å². The van der Waals surface area contributed by atoms with Crippen molar-refractivity contribution in [2.45, 2.75) is 142 Å². The molecule has 0 rings (SSSR count). The molecule has 0 aliphatic carbocycles. The first-order valence-electron chi connectivity index (χ1n) is 15.0. The number of carbonyl (C=O) groups is 1. The monoisotopic (exact) mass is 506 g/mol. The van der Waals surface area contributed by atoms with Crippen molar-refractivity contribution in [2.75, 3.05) is 0 Å². The number of rotatable bonds is 23. The number of unbranched alkanes of at least 4 members (excludes halogenated alkanes) is 13. The Morgan fingerprint density at radius 1 is 0.703 bits per heavy atom. The molecule has 0 saturated carbocycles. The van der Waals surface area contributed by atoms with Crippen LogP contribution in [-0.4, -0.2) is 12.1 Å². The second-order valence-electron chi connectivity index (χ2n) is 9.58. The summed E-state index contributed by atoms with van der Waals surface area (Å²) >= 11 is 0. The highest BCUT2D eigenvalue weighted by atomic mass is 16.5. The van der Waals surface area contributed by atoms with Gasteiger partial charge in [0.2, 0.25) is 0 Å². The highest BCUT2D eigenvalue weighted by molar-refractivity contribution is 5.70. The fourth-order valence-electron chi connectivity index (χ4n) is 3.75. The van der Waals surface area contributed by atoms with E-state index >= 15 is 0 Å². The molecule has 2 heteroatoms. The first kappa shape index (κ1) is 34.6. The molecule has 206 valence electrons. The Balaban J connectivity index is 3.77. The highest BCUT2D eigenvalue weighted by Crippen LogP contribution is 2.09. The lowest BCUT2D eigenvalue weighted by Crippen LogP contribution is -2.13. The Morgan fingerprint density at radius 3 is 1.89 bits per heavy atom. The van der Waals surface area contributed by atoms with E-state index in [1.54, 1.807) is 6.08 Å². The van der Waals surface area contributed by atoms with Crippen molar-refractivity contribution in [1.29, 1.82) is 0 Å². The van der Waals surface area contributed by atoms with Crippen molar-refractivity contribution in [1.82, 2.24) is 0 Å². The second kappa shape index (κ2) is 29.8. The molecule has 0 fully saturated rings. The number of hydrogen-bond donors (Lipinski definition) is 0. The topological polar surface area (TPSA) is 26.3 Å². The third-order valence-electron chi connectivity index (χ3n) is 6.03. The van der Waals surface area contributed by atoms with Crippen molar-refractivity contribution >= 4 is 5.97 Å². The number of hydrogen-bond acceptors (Lipinski definition) is 2. The summed E-state index contributed by atoms with van der Waals surface area (Å²) in [5, 5.41) is 0. The van der Waals surface area contributed by atoms with Crippen LogP contribution in [-0.2, 0) is 9.53 Å². The number of carbonyl (C=O) groups excluding carboxylic acids is 1. The van der Waals surface area contributed by atoms with Crippen molar-refractivity contribution < 1.29 is 9.53 Å². The SMILES string of the molecule is C=C[C@H](C#CC#CC/C=C\CCCCCCC)OC(=O)CCCCCCC/C=C\C/C=C\CCCCC. The summed E-state index contributed by atoms with van der Waals surface area (Å²) in [4.78, 5) is 12.1. The van der Waals surface area contributed by atoms with Crippen LogP contribution >= 0.6 is 0 Å². The van der Waals surface area contributed by atoms with E-state index in [0.29, 0.717) is 12.8 Å². The minimum absolute atomic E-state index is 0.209. The molecular formula is C35H54O2. The molecule has 0 spiro atoms. The van der Waals surface area contributed by atoms with Gasteiger partial charge in [-0.15, -0.1) is 0 Å². The van der Waals surface area contributed by atoms with Crippen LogP contribution in [0.4, 0.5) is 0 Å². The van der Waals surface area contributed by atoms with E-state index in [1.807, 2.05) is 0 Å². The van der Waals surface area contributed by atoms with Crippen LogP contribution < -0.4 is 0 Å². The number of esters is 1. The van der Waals surface area contributed by atoms with Gasteiger partial charge in [-0.3, -0.25) is 4.79 Å². The fraction of sp³-hybridized carbons (Fsp3) is 0.629. The van der Waals surface area contributed by atoms with Crippen LogP contribution in [0.5, 0.6) is 0 Å². The quantitative estimate of drug-likeness (QED) is 0.0596. The maximum atomic E-state index is 12.1. The molecule has 0 heterocycles. The first-order valence-corrected chi connectivity index (χ1v) is 15.0. The number of allylic oxidation sites excluding steroid dienone is 6. The van der Waals surface area contributed by atoms with Gasteiger partial charge in [0, 0.05) is 12.8 Å². The molecule has 0 aromatic rings. The summed E-state index contributed by atoms with van der Waals surface area (Å²) in [5.74, 6) is 11.3. The standard InChI is InChI=1S/C35H54O2/c1-4-7-9-11-13-15-17-19-20-21-23-25-27-29-31-33-35(36)37-34(6-3)32-30-28-26-24-22-18-16-14-12-10-8-5-2/h6,13,15,18-20,22,34H,3-5,7-12,14,16-17,21,23-25,27,29,31,33H2,1-2H3/b15-13-,20-19-,22-18-/t34-/m1/s1. The van der Waals surface area contributed by atoms with Gasteiger partial charge in [-0.25, -0.2) is 0 Å². The smallest absolute Gasteiger partial charge is 0.307 e. The Morgan fingerprint density at radius 2 is 1.24 bits per heavy atom. The Kier molecular flexibility index (Phi) is 27.8. The molecule has 0 N–H and O–H groups in total. The molecule has 0 aliphatic heterocycles. The van der Waals surface area contributed by atoms with E-state index in [-0.39, 0.29) is 5.97 Å². The number of ether oxygens (including phenoxy) is 1. The Labute approximate surface area is 230 Å². The molecule has 1 atom stereocenters. The van der Waals surface area contributed by atoms with Gasteiger partial charge in [-0.1, -0.05) is 121 Å². The van der Waals surface area contributed by atoms with Crippen LogP contribution in [0.25, 0.3) is 0 Å². The van der Waals surface area contributed by atoms with Gasteiger partial charge in [0.1, 0.15) is 0 Å². The Bertz CT molecular complexity index is 748. The van der Waals surface area contributed by atoms with Gasteiger partial charge in [-0.05, 0) is 75.2 Å². The van der Waals surface area contributed by atoms with E-state index in [9.17, 15) is 4.79 Å². The molecule has 0 aliphatic rings. The van der Waals surface area contributed by atoms with E-state index in [4.69, 9.17) is 4.74 Å². The maximum absolute atomic E-state index is 12.1. The molecule has 2 nitrogen and oxygen atoms in total. The lowest BCUT2D eigenvalue weighted by Gasteiger charge is -2.07. The van der Waals surface area contributed by atoms with Crippen molar-refractivity contribution in [2.24, 2.45) is 0 Å². The normalized spacial score (nSPS) is 11.8.